The molecule has 0 rings (SSSR count). The summed E-state index contributed by atoms with van der Waals surface area (Å²) in [5, 5.41) is 32.7. The van der Waals surface area contributed by atoms with Crippen molar-refractivity contribution in [1.29, 1.82) is 10.5 Å². The number of nitriles is 2. The van der Waals surface area contributed by atoms with Gasteiger partial charge in [0.1, 0.15) is 23.3 Å². The Morgan fingerprint density at radius 1 is 1.00 bits per heavy atom. The highest BCUT2D eigenvalue weighted by molar-refractivity contribution is 5.91. The molecule has 0 fully saturated rings. The third-order valence-corrected chi connectivity index (χ3v) is 2.65. The number of allylic oxidation sites excluding steroid dienone is 1. The van der Waals surface area contributed by atoms with Crippen LogP contribution in [0.5, 0.6) is 0 Å². The highest BCUT2D eigenvalue weighted by Gasteiger charge is 2.03. The number of nitrogens with zero attached hydrogens (tertiary/aromatic N) is 2. The molecule has 0 heterocycles. The Bertz CT molecular complexity index is 481. The van der Waals surface area contributed by atoms with Crippen LogP contribution in [0.15, 0.2) is 23.8 Å². The van der Waals surface area contributed by atoms with Gasteiger partial charge in [0.25, 0.3) is 0 Å². The molecule has 6 heteroatoms. The normalized spacial score (nSPS) is 9.68. The number of aliphatic carboxylic acids is 2. The molecule has 0 unspecified atom stereocenters. The number of hydrogen-bond acceptors (Lipinski definition) is 4. The Labute approximate surface area is 131 Å². The second-order valence-corrected chi connectivity index (χ2v) is 4.49. The summed E-state index contributed by atoms with van der Waals surface area (Å²) in [6, 6.07) is 3.04. The van der Waals surface area contributed by atoms with Crippen LogP contribution in [-0.2, 0) is 9.59 Å². The summed E-state index contributed by atoms with van der Waals surface area (Å²) in [6.07, 6.45) is 9.27. The van der Waals surface area contributed by atoms with Crippen molar-refractivity contribution >= 4 is 11.9 Å². The SMILES string of the molecule is C=C(C#N)C(=O)O.CCCCCCCCC=C(C#N)C(=O)O. The van der Waals surface area contributed by atoms with E-state index in [1.165, 1.54) is 37.8 Å². The van der Waals surface area contributed by atoms with E-state index in [-0.39, 0.29) is 5.57 Å². The first-order valence-corrected chi connectivity index (χ1v) is 7.06. The van der Waals surface area contributed by atoms with E-state index in [0.717, 1.165) is 12.8 Å². The molecule has 0 atom stereocenters. The molecule has 120 valence electrons. The van der Waals surface area contributed by atoms with Gasteiger partial charge in [-0.2, -0.15) is 10.5 Å². The Hall–Kier alpha value is -2.60. The first-order valence-electron chi connectivity index (χ1n) is 7.06. The minimum atomic E-state index is -1.26. The molecule has 0 radical (unpaired) electrons. The number of carbonyl (C=O) groups is 2. The summed E-state index contributed by atoms with van der Waals surface area (Å²) in [6.45, 7) is 5.09. The zero-order chi connectivity index (χ0) is 17.4. The predicted octanol–water partition coefficient (Wildman–Crippen LogP) is 3.42. The lowest BCUT2D eigenvalue weighted by atomic mass is 10.1. The quantitative estimate of drug-likeness (QED) is 0.382. The first kappa shape index (κ1) is 21.7. The molecule has 0 saturated heterocycles. The van der Waals surface area contributed by atoms with Crippen LogP contribution in [-0.4, -0.2) is 22.2 Å². The number of hydrogen-bond donors (Lipinski definition) is 2. The molecular formula is C16H22N2O4. The van der Waals surface area contributed by atoms with Crippen molar-refractivity contribution in [2.75, 3.05) is 0 Å². The van der Waals surface area contributed by atoms with E-state index in [9.17, 15) is 9.59 Å². The number of carboxylic acids is 2. The lowest BCUT2D eigenvalue weighted by molar-refractivity contribution is -0.133. The van der Waals surface area contributed by atoms with Crippen LogP contribution in [0, 0.1) is 22.7 Å². The average molecular weight is 306 g/mol. The Morgan fingerprint density at radius 3 is 1.91 bits per heavy atom. The molecular weight excluding hydrogens is 284 g/mol. The van der Waals surface area contributed by atoms with Crippen molar-refractivity contribution in [2.24, 2.45) is 0 Å². The van der Waals surface area contributed by atoms with Gasteiger partial charge in [0.05, 0.1) is 0 Å². The Morgan fingerprint density at radius 2 is 1.55 bits per heavy atom. The van der Waals surface area contributed by atoms with Gasteiger partial charge in [0, 0.05) is 0 Å². The van der Waals surface area contributed by atoms with Crippen LogP contribution in [0.3, 0.4) is 0 Å². The van der Waals surface area contributed by atoms with Gasteiger partial charge in [0.2, 0.25) is 0 Å². The summed E-state index contributed by atoms with van der Waals surface area (Å²) >= 11 is 0. The van der Waals surface area contributed by atoms with E-state index in [4.69, 9.17) is 20.7 Å². The summed E-state index contributed by atoms with van der Waals surface area (Å²) < 4.78 is 0. The molecule has 0 aromatic rings. The third-order valence-electron chi connectivity index (χ3n) is 2.65. The van der Waals surface area contributed by atoms with E-state index < -0.39 is 17.5 Å². The molecule has 0 saturated carbocycles. The molecule has 6 nitrogen and oxygen atoms in total. The summed E-state index contributed by atoms with van der Waals surface area (Å²) in [5.74, 6) is -2.38. The lowest BCUT2D eigenvalue weighted by Gasteiger charge is -1.97. The van der Waals surface area contributed by atoms with Gasteiger partial charge in [0.15, 0.2) is 0 Å². The zero-order valence-corrected chi connectivity index (χ0v) is 12.8. The predicted molar refractivity (Wildman–Crippen MR) is 81.7 cm³/mol. The number of unbranched alkanes of at least 4 members (excludes halogenated alkanes) is 6. The van der Waals surface area contributed by atoms with Crippen LogP contribution >= 0.6 is 0 Å². The van der Waals surface area contributed by atoms with Gasteiger partial charge in [-0.1, -0.05) is 51.7 Å². The fourth-order valence-electron chi connectivity index (χ4n) is 1.40. The molecule has 2 N–H and O–H groups in total. The van der Waals surface area contributed by atoms with Gasteiger partial charge < -0.3 is 10.2 Å². The van der Waals surface area contributed by atoms with E-state index in [2.05, 4.69) is 13.5 Å². The zero-order valence-electron chi connectivity index (χ0n) is 12.8. The van der Waals surface area contributed by atoms with E-state index in [0.29, 0.717) is 6.42 Å². The molecule has 0 aromatic carbocycles. The maximum Gasteiger partial charge on any atom is 0.346 e. The van der Waals surface area contributed by atoms with Crippen LogP contribution in [0.25, 0.3) is 0 Å². The molecule has 0 spiro atoms. The highest BCUT2D eigenvalue weighted by Crippen LogP contribution is 2.08. The number of rotatable bonds is 9. The van der Waals surface area contributed by atoms with Crippen molar-refractivity contribution in [2.45, 2.75) is 51.9 Å². The monoisotopic (exact) mass is 306 g/mol. The first-order chi connectivity index (χ1) is 10.4. The fourth-order valence-corrected chi connectivity index (χ4v) is 1.40. The van der Waals surface area contributed by atoms with Gasteiger partial charge in [-0.3, -0.25) is 0 Å². The largest absolute Gasteiger partial charge is 0.477 e. The second kappa shape index (κ2) is 14.8. The standard InChI is InChI=1S/C12H19NO2.C4H3NO2/c1-2-3-4-5-6-7-8-9-11(10-13)12(14)15;1-3(2-5)4(6)7/h9H,2-8H2,1H3,(H,14,15);1H2,(H,6,7). The molecule has 0 amide bonds. The van der Waals surface area contributed by atoms with Crippen LogP contribution < -0.4 is 0 Å². The topological polar surface area (TPSA) is 122 Å². The second-order valence-electron chi connectivity index (χ2n) is 4.49. The fraction of sp³-hybridized carbons (Fsp3) is 0.500. The third kappa shape index (κ3) is 13.8. The van der Waals surface area contributed by atoms with Gasteiger partial charge in [-0.15, -0.1) is 0 Å². The summed E-state index contributed by atoms with van der Waals surface area (Å²) in [7, 11) is 0. The summed E-state index contributed by atoms with van der Waals surface area (Å²) in [4.78, 5) is 20.1. The minimum absolute atomic E-state index is 0.136. The van der Waals surface area contributed by atoms with E-state index in [1.807, 2.05) is 0 Å². The Kier molecular flexibility index (Phi) is 14.6. The highest BCUT2D eigenvalue weighted by atomic mass is 16.4. The number of carboxylic acid groups (broad SMARTS) is 2. The van der Waals surface area contributed by atoms with Crippen LogP contribution in [0.4, 0.5) is 0 Å². The molecule has 0 aliphatic heterocycles. The van der Waals surface area contributed by atoms with Gasteiger partial charge >= 0.3 is 11.9 Å². The Balaban J connectivity index is 0. The van der Waals surface area contributed by atoms with E-state index in [1.54, 1.807) is 6.07 Å². The molecule has 22 heavy (non-hydrogen) atoms. The lowest BCUT2D eigenvalue weighted by Crippen LogP contribution is -1.97. The van der Waals surface area contributed by atoms with Crippen molar-refractivity contribution < 1.29 is 19.8 Å². The molecule has 0 bridgehead atoms. The maximum absolute atomic E-state index is 10.4. The molecule has 0 aliphatic rings. The van der Waals surface area contributed by atoms with Crippen molar-refractivity contribution in [3.63, 3.8) is 0 Å². The van der Waals surface area contributed by atoms with Crippen molar-refractivity contribution in [1.82, 2.24) is 0 Å². The maximum atomic E-state index is 10.4. The van der Waals surface area contributed by atoms with Gasteiger partial charge in [-0.05, 0) is 12.8 Å². The minimum Gasteiger partial charge on any atom is -0.477 e. The van der Waals surface area contributed by atoms with Crippen LogP contribution in [0.1, 0.15) is 51.9 Å². The van der Waals surface area contributed by atoms with E-state index >= 15 is 0 Å². The average Bonchev–Trinajstić information content (AvgIpc) is 2.49. The smallest absolute Gasteiger partial charge is 0.346 e. The molecule has 0 aliphatic carbocycles. The van der Waals surface area contributed by atoms with Crippen LogP contribution in [0.2, 0.25) is 0 Å². The van der Waals surface area contributed by atoms with Crippen molar-refractivity contribution in [3.05, 3.63) is 23.8 Å². The summed E-state index contributed by atoms with van der Waals surface area (Å²) in [5.41, 5.74) is -0.566. The van der Waals surface area contributed by atoms with Gasteiger partial charge in [-0.25, -0.2) is 9.59 Å². The molecule has 0 aromatic heterocycles. The van der Waals surface area contributed by atoms with Crippen molar-refractivity contribution in [3.8, 4) is 12.1 Å².